The van der Waals surface area contributed by atoms with Crippen LogP contribution in [0.3, 0.4) is 0 Å². The second-order valence-corrected chi connectivity index (χ2v) is 4.50. The average Bonchev–Trinajstić information content (AvgIpc) is 2.47. The van der Waals surface area contributed by atoms with Crippen LogP contribution in [0.5, 0.6) is 0 Å². The van der Waals surface area contributed by atoms with Crippen molar-refractivity contribution in [2.75, 3.05) is 32.7 Å². The number of hydrogen-bond acceptors (Lipinski definition) is 3. The molecule has 15 heavy (non-hydrogen) atoms. The number of likely N-dealkylation sites (tertiary alicyclic amines) is 2. The van der Waals surface area contributed by atoms with Gasteiger partial charge in [-0.1, -0.05) is 0 Å². The maximum atomic E-state index is 12.0. The molecule has 0 aromatic rings. The van der Waals surface area contributed by atoms with Crippen molar-refractivity contribution in [3.8, 4) is 0 Å². The molecule has 6 heteroatoms. The first-order valence-electron chi connectivity index (χ1n) is 4.97. The minimum atomic E-state index is -2.30. The Hall–Kier alpha value is -0.910. The molecule has 0 bridgehead atoms. The maximum absolute atomic E-state index is 12.0. The largest absolute Gasteiger partial charge is 0.530 e. The number of rotatable bonds is 2. The highest BCUT2D eigenvalue weighted by molar-refractivity contribution is 5.63. The normalized spacial score (nSPS) is 24.9. The topological polar surface area (TPSA) is 46.6 Å². The van der Waals surface area contributed by atoms with E-state index >= 15 is 0 Å². The molecule has 4 nitrogen and oxygen atoms in total. The Kier molecular flexibility index (Phi) is 2.54. The highest BCUT2D eigenvalue weighted by atomic mass is 19.3. The molecule has 2 aliphatic rings. The molecule has 0 N–H and O–H groups in total. The van der Waals surface area contributed by atoms with Gasteiger partial charge in [-0.2, -0.15) is 0 Å². The van der Waals surface area contributed by atoms with Crippen LogP contribution >= 0.6 is 0 Å². The summed E-state index contributed by atoms with van der Waals surface area (Å²) in [5.74, 6) is 0. The molecular weight excluding hydrogens is 206 g/mol. The van der Waals surface area contributed by atoms with Crippen molar-refractivity contribution in [1.82, 2.24) is 9.80 Å². The summed E-state index contributed by atoms with van der Waals surface area (Å²) in [6.07, 6.45) is -2.69. The number of alkyl halides is 2. The number of halogens is 2. The van der Waals surface area contributed by atoms with Crippen LogP contribution in [-0.2, 0) is 0 Å². The molecule has 1 amide bonds. The zero-order valence-corrected chi connectivity index (χ0v) is 8.29. The Morgan fingerprint density at radius 2 is 2.07 bits per heavy atom. The molecule has 2 fully saturated rings. The Morgan fingerprint density at radius 1 is 1.40 bits per heavy atom. The van der Waals surface area contributed by atoms with Gasteiger partial charge in [0.1, 0.15) is 6.09 Å². The predicted octanol–water partition coefficient (Wildman–Crippen LogP) is -0.398. The van der Waals surface area contributed by atoms with Gasteiger partial charge in [0.2, 0.25) is 0 Å². The van der Waals surface area contributed by atoms with Gasteiger partial charge < -0.3 is 14.8 Å². The van der Waals surface area contributed by atoms with Crippen molar-refractivity contribution in [2.24, 2.45) is 5.41 Å². The third-order valence-electron chi connectivity index (χ3n) is 3.21. The molecule has 2 rings (SSSR count). The second-order valence-electron chi connectivity index (χ2n) is 4.50. The average molecular weight is 219 g/mol. The fourth-order valence-corrected chi connectivity index (χ4v) is 2.58. The van der Waals surface area contributed by atoms with Crippen LogP contribution < -0.4 is 5.11 Å². The summed E-state index contributed by atoms with van der Waals surface area (Å²) in [7, 11) is 0. The van der Waals surface area contributed by atoms with Gasteiger partial charge in [0.25, 0.3) is 6.43 Å². The third-order valence-corrected chi connectivity index (χ3v) is 3.21. The number of nitrogens with zero attached hydrogens (tertiary/aromatic N) is 2. The smallest absolute Gasteiger partial charge is 0.251 e. The van der Waals surface area contributed by atoms with Crippen molar-refractivity contribution in [3.63, 3.8) is 0 Å². The van der Waals surface area contributed by atoms with Gasteiger partial charge in [-0.25, -0.2) is 8.78 Å². The summed E-state index contributed by atoms with van der Waals surface area (Å²) >= 11 is 0. The molecule has 0 aromatic carbocycles. The van der Waals surface area contributed by atoms with Gasteiger partial charge in [0.15, 0.2) is 0 Å². The molecule has 2 saturated heterocycles. The van der Waals surface area contributed by atoms with E-state index in [2.05, 4.69) is 0 Å². The Bertz CT molecular complexity index is 267. The summed E-state index contributed by atoms with van der Waals surface area (Å²) < 4.78 is 24.1. The van der Waals surface area contributed by atoms with E-state index in [4.69, 9.17) is 0 Å². The van der Waals surface area contributed by atoms with E-state index in [0.717, 1.165) is 6.42 Å². The summed E-state index contributed by atoms with van der Waals surface area (Å²) in [5.41, 5.74) is -0.0744. The fourth-order valence-electron chi connectivity index (χ4n) is 2.58. The van der Waals surface area contributed by atoms with Crippen LogP contribution in [-0.4, -0.2) is 55.0 Å². The van der Waals surface area contributed by atoms with E-state index in [1.54, 1.807) is 4.90 Å². The maximum Gasteiger partial charge on any atom is 0.251 e. The summed E-state index contributed by atoms with van der Waals surface area (Å²) in [6.45, 7) is 1.88. The van der Waals surface area contributed by atoms with Crippen LogP contribution in [0.1, 0.15) is 6.42 Å². The van der Waals surface area contributed by atoms with E-state index < -0.39 is 12.5 Å². The molecule has 0 atom stereocenters. The Labute approximate surface area is 86.5 Å². The lowest BCUT2D eigenvalue weighted by Crippen LogP contribution is -2.59. The molecule has 0 aromatic heterocycles. The van der Waals surface area contributed by atoms with E-state index in [-0.39, 0.29) is 12.0 Å². The fraction of sp³-hybridized carbons (Fsp3) is 0.889. The van der Waals surface area contributed by atoms with Gasteiger partial charge in [-0.15, -0.1) is 0 Å². The van der Waals surface area contributed by atoms with E-state index in [0.29, 0.717) is 26.2 Å². The Balaban J connectivity index is 1.81. The molecule has 86 valence electrons. The lowest BCUT2D eigenvalue weighted by molar-refractivity contribution is -0.265. The van der Waals surface area contributed by atoms with Crippen molar-refractivity contribution in [3.05, 3.63) is 0 Å². The number of carboxylic acid groups (broad SMARTS) is 1. The van der Waals surface area contributed by atoms with Crippen molar-refractivity contribution >= 4 is 6.09 Å². The quantitative estimate of drug-likeness (QED) is 0.635. The monoisotopic (exact) mass is 219 g/mol. The van der Waals surface area contributed by atoms with Gasteiger partial charge in [0, 0.05) is 31.6 Å². The minimum absolute atomic E-state index is 0.0744. The molecule has 0 aliphatic carbocycles. The first-order chi connectivity index (χ1) is 7.01. The number of carbonyl (C=O) groups is 1. The van der Waals surface area contributed by atoms with Gasteiger partial charge in [-0.05, 0) is 6.42 Å². The van der Waals surface area contributed by atoms with Gasteiger partial charge in [0.05, 0.1) is 6.54 Å². The molecule has 0 saturated carbocycles. The molecule has 0 unspecified atom stereocenters. The van der Waals surface area contributed by atoms with Crippen LogP contribution in [0, 0.1) is 5.41 Å². The van der Waals surface area contributed by atoms with Crippen molar-refractivity contribution in [1.29, 1.82) is 0 Å². The molecule has 1 spiro atoms. The van der Waals surface area contributed by atoms with E-state index in [1.165, 1.54) is 4.90 Å². The SMILES string of the molecule is O=C([O-])N1CCC2(CN(CC(F)F)C2)C1. The lowest BCUT2D eigenvalue weighted by Gasteiger charge is -2.48. The second kappa shape index (κ2) is 3.59. The van der Waals surface area contributed by atoms with E-state index in [9.17, 15) is 18.7 Å². The number of hydrogen-bond donors (Lipinski definition) is 0. The zero-order chi connectivity index (χ0) is 11.1. The van der Waals surface area contributed by atoms with Crippen LogP contribution in [0.4, 0.5) is 13.6 Å². The standard InChI is InChI=1S/C9H14F2N2O2/c10-7(11)3-12-4-9(5-12)1-2-13(6-9)8(14)15/h7H,1-6H2,(H,14,15)/p-1. The highest BCUT2D eigenvalue weighted by Gasteiger charge is 2.47. The summed E-state index contributed by atoms with van der Waals surface area (Å²) in [6, 6.07) is 0. The summed E-state index contributed by atoms with van der Waals surface area (Å²) in [4.78, 5) is 13.5. The van der Waals surface area contributed by atoms with Crippen LogP contribution in [0.2, 0.25) is 0 Å². The third kappa shape index (κ3) is 2.04. The van der Waals surface area contributed by atoms with Crippen LogP contribution in [0.15, 0.2) is 0 Å². The highest BCUT2D eigenvalue weighted by Crippen LogP contribution is 2.39. The summed E-state index contributed by atoms with van der Waals surface area (Å²) in [5, 5.41) is 10.6. The van der Waals surface area contributed by atoms with E-state index in [1.807, 2.05) is 0 Å². The molecule has 2 heterocycles. The number of carbonyl (C=O) groups excluding carboxylic acids is 1. The molecule has 2 aliphatic heterocycles. The van der Waals surface area contributed by atoms with Crippen LogP contribution in [0.25, 0.3) is 0 Å². The van der Waals surface area contributed by atoms with Gasteiger partial charge in [-0.3, -0.25) is 4.90 Å². The van der Waals surface area contributed by atoms with Gasteiger partial charge >= 0.3 is 0 Å². The lowest BCUT2D eigenvalue weighted by atomic mass is 9.79. The molecule has 0 radical (unpaired) electrons. The first kappa shape index (κ1) is 10.6. The van der Waals surface area contributed by atoms with Crippen molar-refractivity contribution < 1.29 is 18.7 Å². The Morgan fingerprint density at radius 3 is 2.53 bits per heavy atom. The minimum Gasteiger partial charge on any atom is -0.530 e. The predicted molar refractivity (Wildman–Crippen MR) is 46.5 cm³/mol. The molecular formula is C9H13F2N2O2-. The number of amides is 1. The van der Waals surface area contributed by atoms with Crippen molar-refractivity contribution in [2.45, 2.75) is 12.8 Å². The zero-order valence-electron chi connectivity index (χ0n) is 8.29. The first-order valence-corrected chi connectivity index (χ1v) is 4.97.